The van der Waals surface area contributed by atoms with Crippen LogP contribution in [0.2, 0.25) is 0 Å². The molecule has 1 aliphatic rings. The fourth-order valence-corrected chi connectivity index (χ4v) is 5.38. The summed E-state index contributed by atoms with van der Waals surface area (Å²) in [7, 11) is 1.72. The van der Waals surface area contributed by atoms with E-state index in [1.54, 1.807) is 7.05 Å². The molecule has 2 aromatic carbocycles. The lowest BCUT2D eigenvalue weighted by Gasteiger charge is -2.19. The zero-order valence-electron chi connectivity index (χ0n) is 32.9. The Bertz CT molecular complexity index is 1170. The van der Waals surface area contributed by atoms with Crippen LogP contribution in [0.25, 0.3) is 11.1 Å². The largest absolute Gasteiger partial charge is 0.448 e. The topological polar surface area (TPSA) is 122 Å². The normalized spacial score (nSPS) is 12.9. The van der Waals surface area contributed by atoms with E-state index >= 15 is 0 Å². The summed E-state index contributed by atoms with van der Waals surface area (Å²) in [5.74, 6) is 0.632. The molecule has 0 aliphatic heterocycles. The number of rotatable bonds is 35. The fourth-order valence-electron chi connectivity index (χ4n) is 5.38. The molecule has 1 amide bonds. The van der Waals surface area contributed by atoms with Gasteiger partial charge in [0, 0.05) is 26.1 Å². The monoisotopic (exact) mass is 763 g/mol. The van der Waals surface area contributed by atoms with Crippen molar-refractivity contribution in [3.05, 3.63) is 59.7 Å². The van der Waals surface area contributed by atoms with E-state index in [0.29, 0.717) is 145 Å². The Morgan fingerprint density at radius 3 is 1.24 bits per heavy atom. The van der Waals surface area contributed by atoms with Crippen LogP contribution in [0.4, 0.5) is 4.79 Å². The van der Waals surface area contributed by atoms with E-state index in [1.165, 1.54) is 27.2 Å². The van der Waals surface area contributed by atoms with Gasteiger partial charge in [0.15, 0.2) is 0 Å². The van der Waals surface area contributed by atoms with Crippen molar-refractivity contribution in [1.82, 2.24) is 4.90 Å². The number of ether oxygens (including phenoxy) is 11. The van der Waals surface area contributed by atoms with Gasteiger partial charge in [0.25, 0.3) is 0 Å². The van der Waals surface area contributed by atoms with Crippen molar-refractivity contribution in [1.29, 1.82) is 0 Å². The van der Waals surface area contributed by atoms with Gasteiger partial charge >= 0.3 is 6.09 Å². The summed E-state index contributed by atoms with van der Waals surface area (Å²) in [6.07, 6.45) is 0.766. The van der Waals surface area contributed by atoms with Crippen molar-refractivity contribution < 1.29 is 56.9 Å². The highest BCUT2D eigenvalue weighted by Gasteiger charge is 2.29. The van der Waals surface area contributed by atoms with Crippen LogP contribution < -0.4 is 0 Å². The second-order valence-corrected chi connectivity index (χ2v) is 12.8. The number of likely N-dealkylation sites (N-methyl/N-ethyl adjacent to an activating group) is 1. The number of hydrogen-bond acceptors (Lipinski definition) is 12. The number of carbonyl (C=O) groups excluding carboxylic acids is 1. The molecule has 54 heavy (non-hydrogen) atoms. The Kier molecular flexibility index (Phi) is 25.8. The average Bonchev–Trinajstić information content (AvgIpc) is 3.52. The molecule has 0 spiro atoms. The summed E-state index contributed by atoms with van der Waals surface area (Å²) in [4.78, 5) is 14.1. The predicted octanol–water partition coefficient (Wildman–Crippen LogP) is 5.08. The number of nitrogens with zero attached hydrogens (tertiary/aromatic N) is 1. The van der Waals surface area contributed by atoms with Crippen molar-refractivity contribution in [3.63, 3.8) is 0 Å². The predicted molar refractivity (Wildman–Crippen MR) is 205 cm³/mol. The summed E-state index contributed by atoms with van der Waals surface area (Å²) in [5, 5.41) is 0. The maximum Gasteiger partial charge on any atom is 0.409 e. The van der Waals surface area contributed by atoms with Crippen molar-refractivity contribution >= 4 is 6.09 Å². The van der Waals surface area contributed by atoms with Crippen LogP contribution in [0.3, 0.4) is 0 Å². The lowest BCUT2D eigenvalue weighted by Crippen LogP contribution is -2.32. The minimum Gasteiger partial charge on any atom is -0.448 e. The Balaban J connectivity index is 0.977. The van der Waals surface area contributed by atoms with Gasteiger partial charge in [0.1, 0.15) is 6.61 Å². The van der Waals surface area contributed by atoms with E-state index in [0.717, 1.165) is 13.0 Å². The lowest BCUT2D eigenvalue weighted by atomic mass is 9.98. The molecule has 0 saturated heterocycles. The molecule has 1 aliphatic carbocycles. The molecule has 0 bridgehead atoms. The molecule has 306 valence electrons. The van der Waals surface area contributed by atoms with Crippen LogP contribution in [0.15, 0.2) is 48.5 Å². The molecule has 3 rings (SSSR count). The molecule has 0 fully saturated rings. The highest BCUT2D eigenvalue weighted by Crippen LogP contribution is 2.44. The molecule has 13 heteroatoms. The fraction of sp³-hybridized carbons (Fsp3) is 0.683. The zero-order chi connectivity index (χ0) is 38.3. The van der Waals surface area contributed by atoms with E-state index in [4.69, 9.17) is 52.1 Å². The standard InChI is InChI=1S/C41H65NO12/c1-4-35(2)33-53-32-31-52-30-29-51-28-27-50-26-25-49-24-23-48-22-21-47-20-19-46-18-17-45-16-15-44-14-13-42(3)41(43)54-34-40-38-11-7-5-9-36(38)37-10-6-8-12-39(37)40/h5-12,35,40H,4,13-34H2,1-3H3. The number of hydrogen-bond donors (Lipinski definition) is 0. The van der Waals surface area contributed by atoms with E-state index in [9.17, 15) is 4.79 Å². The quantitative estimate of drug-likeness (QED) is 0.0871. The highest BCUT2D eigenvalue weighted by molar-refractivity contribution is 5.79. The van der Waals surface area contributed by atoms with Gasteiger partial charge in [-0.3, -0.25) is 0 Å². The van der Waals surface area contributed by atoms with Gasteiger partial charge in [-0.25, -0.2) is 4.79 Å². The molecule has 0 N–H and O–H groups in total. The smallest absolute Gasteiger partial charge is 0.409 e. The van der Waals surface area contributed by atoms with Crippen molar-refractivity contribution in [2.75, 3.05) is 152 Å². The maximum absolute atomic E-state index is 12.6. The molecule has 0 aromatic heterocycles. The molecule has 2 aromatic rings. The SMILES string of the molecule is CCC(C)COCCOCCOCCOCCOCCOCCOCCOCCOCCOCCN(C)C(=O)OCC1c2ccccc2-c2ccccc21. The minimum absolute atomic E-state index is 0.0401. The highest BCUT2D eigenvalue weighted by atomic mass is 16.6. The first kappa shape index (κ1) is 45.7. The summed E-state index contributed by atoms with van der Waals surface area (Å²) in [6.45, 7) is 15.4. The molecule has 0 saturated carbocycles. The molecule has 0 heterocycles. The first-order chi connectivity index (χ1) is 26.6. The van der Waals surface area contributed by atoms with Crippen molar-refractivity contribution in [2.24, 2.45) is 5.92 Å². The minimum atomic E-state index is -0.362. The molecule has 13 nitrogen and oxygen atoms in total. The lowest BCUT2D eigenvalue weighted by molar-refractivity contribution is -0.0269. The summed E-state index contributed by atoms with van der Waals surface area (Å²) >= 11 is 0. The molecule has 1 unspecified atom stereocenters. The van der Waals surface area contributed by atoms with Gasteiger partial charge in [-0.1, -0.05) is 68.8 Å². The van der Waals surface area contributed by atoms with Crippen LogP contribution in [-0.2, 0) is 52.1 Å². The molecule has 1 atom stereocenters. The number of fused-ring (bicyclic) bond motifs is 3. The van der Waals surface area contributed by atoms with Crippen LogP contribution in [-0.4, -0.2) is 163 Å². The third-order valence-corrected chi connectivity index (χ3v) is 8.67. The van der Waals surface area contributed by atoms with E-state index < -0.39 is 0 Å². The first-order valence-corrected chi connectivity index (χ1v) is 19.4. The van der Waals surface area contributed by atoms with Gasteiger partial charge in [-0.05, 0) is 28.2 Å². The van der Waals surface area contributed by atoms with Crippen LogP contribution in [0.1, 0.15) is 37.3 Å². The Labute approximate surface area is 322 Å². The van der Waals surface area contributed by atoms with E-state index in [1.807, 2.05) is 24.3 Å². The second-order valence-electron chi connectivity index (χ2n) is 12.8. The van der Waals surface area contributed by atoms with E-state index in [2.05, 4.69) is 38.1 Å². The maximum atomic E-state index is 12.6. The number of carbonyl (C=O) groups is 1. The van der Waals surface area contributed by atoms with E-state index in [-0.39, 0.29) is 12.0 Å². The Hall–Kier alpha value is -2.69. The first-order valence-electron chi connectivity index (χ1n) is 19.4. The van der Waals surface area contributed by atoms with Gasteiger partial charge in [-0.2, -0.15) is 0 Å². The zero-order valence-corrected chi connectivity index (χ0v) is 32.9. The van der Waals surface area contributed by atoms with Crippen LogP contribution in [0, 0.1) is 5.92 Å². The van der Waals surface area contributed by atoms with Crippen LogP contribution >= 0.6 is 0 Å². The van der Waals surface area contributed by atoms with Gasteiger partial charge in [-0.15, -0.1) is 0 Å². The van der Waals surface area contributed by atoms with Gasteiger partial charge < -0.3 is 57.0 Å². The average molecular weight is 764 g/mol. The Morgan fingerprint density at radius 2 is 0.870 bits per heavy atom. The third-order valence-electron chi connectivity index (χ3n) is 8.67. The summed E-state index contributed by atoms with van der Waals surface area (Å²) < 4.78 is 60.9. The summed E-state index contributed by atoms with van der Waals surface area (Å²) in [6, 6.07) is 16.6. The third kappa shape index (κ3) is 19.8. The van der Waals surface area contributed by atoms with Crippen molar-refractivity contribution in [3.8, 4) is 11.1 Å². The Morgan fingerprint density at radius 1 is 0.537 bits per heavy atom. The second kappa shape index (κ2) is 30.5. The number of amides is 1. The van der Waals surface area contributed by atoms with Gasteiger partial charge in [0.2, 0.25) is 0 Å². The number of benzene rings is 2. The molecular formula is C41H65NO12. The van der Waals surface area contributed by atoms with Crippen molar-refractivity contribution in [2.45, 2.75) is 26.2 Å². The molecule has 0 radical (unpaired) electrons. The summed E-state index contributed by atoms with van der Waals surface area (Å²) in [5.41, 5.74) is 4.80. The molecular weight excluding hydrogens is 698 g/mol. The van der Waals surface area contributed by atoms with Crippen LogP contribution in [0.5, 0.6) is 0 Å². The van der Waals surface area contributed by atoms with Gasteiger partial charge in [0.05, 0.1) is 126 Å².